The fourth-order valence-electron chi connectivity index (χ4n) is 2.38. The Morgan fingerprint density at radius 3 is 2.79 bits per heavy atom. The van der Waals surface area contributed by atoms with E-state index >= 15 is 0 Å². The van der Waals surface area contributed by atoms with Crippen LogP contribution in [0.2, 0.25) is 5.02 Å². The molecule has 1 amide bonds. The Morgan fingerprint density at radius 2 is 2.08 bits per heavy atom. The van der Waals surface area contributed by atoms with Crippen LogP contribution in [0.4, 0.5) is 5.69 Å². The highest BCUT2D eigenvalue weighted by Gasteiger charge is 2.16. The number of fused-ring (bicyclic) bond motifs is 1. The molecular formula is C16H11ClN6O. The molecule has 8 heteroatoms. The summed E-state index contributed by atoms with van der Waals surface area (Å²) in [6.45, 7) is 0. The predicted molar refractivity (Wildman–Crippen MR) is 90.4 cm³/mol. The number of hydrogen-bond acceptors (Lipinski definition) is 4. The average Bonchev–Trinajstić information content (AvgIpc) is 3.24. The summed E-state index contributed by atoms with van der Waals surface area (Å²) in [6.07, 6.45) is 4.52. The molecule has 0 saturated carbocycles. The second-order valence-electron chi connectivity index (χ2n) is 5.06. The van der Waals surface area contributed by atoms with Crippen molar-refractivity contribution in [3.05, 3.63) is 66.0 Å². The number of nitrogens with zero attached hydrogens (tertiary/aromatic N) is 4. The quantitative estimate of drug-likeness (QED) is 0.601. The Bertz CT molecular complexity index is 1010. The van der Waals surface area contributed by atoms with E-state index in [0.717, 1.165) is 10.9 Å². The van der Waals surface area contributed by atoms with Crippen molar-refractivity contribution in [1.82, 2.24) is 24.7 Å². The van der Waals surface area contributed by atoms with Crippen LogP contribution in [-0.4, -0.2) is 30.6 Å². The lowest BCUT2D eigenvalue weighted by Crippen LogP contribution is -2.13. The third-order valence-electron chi connectivity index (χ3n) is 3.53. The number of carbonyl (C=O) groups is 1. The molecule has 24 heavy (non-hydrogen) atoms. The number of halogens is 1. The monoisotopic (exact) mass is 338 g/mol. The predicted octanol–water partition coefficient (Wildman–Crippen LogP) is 3.05. The van der Waals surface area contributed by atoms with Crippen molar-refractivity contribution in [1.29, 1.82) is 0 Å². The first kappa shape index (κ1) is 14.4. The minimum atomic E-state index is -0.327. The highest BCUT2D eigenvalue weighted by Crippen LogP contribution is 2.27. The van der Waals surface area contributed by atoms with Crippen LogP contribution in [-0.2, 0) is 0 Å². The van der Waals surface area contributed by atoms with Crippen molar-refractivity contribution in [2.24, 2.45) is 0 Å². The van der Waals surface area contributed by atoms with Crippen molar-refractivity contribution in [3.8, 4) is 5.82 Å². The molecule has 0 saturated heterocycles. The highest BCUT2D eigenvalue weighted by atomic mass is 35.5. The maximum Gasteiger partial charge on any atom is 0.273 e. The maximum absolute atomic E-state index is 12.4. The van der Waals surface area contributed by atoms with Crippen molar-refractivity contribution >= 4 is 34.1 Å². The summed E-state index contributed by atoms with van der Waals surface area (Å²) in [5.74, 6) is 0.278. The zero-order valence-electron chi connectivity index (χ0n) is 12.3. The van der Waals surface area contributed by atoms with Crippen molar-refractivity contribution < 1.29 is 4.79 Å². The number of para-hydroxylation sites is 1. The number of nitrogens with one attached hydrogen (secondary N) is 2. The Kier molecular flexibility index (Phi) is 3.47. The fourth-order valence-corrected chi connectivity index (χ4v) is 2.68. The van der Waals surface area contributed by atoms with E-state index in [1.165, 1.54) is 11.0 Å². The first-order valence-corrected chi connectivity index (χ1v) is 7.49. The lowest BCUT2D eigenvalue weighted by atomic mass is 10.2. The van der Waals surface area contributed by atoms with Gasteiger partial charge in [-0.1, -0.05) is 29.8 Å². The van der Waals surface area contributed by atoms with Gasteiger partial charge in [0.05, 0.1) is 16.9 Å². The van der Waals surface area contributed by atoms with Crippen LogP contribution in [0, 0.1) is 0 Å². The van der Waals surface area contributed by atoms with Gasteiger partial charge in [0.15, 0.2) is 5.82 Å². The molecule has 1 aromatic carbocycles. The molecule has 0 bridgehead atoms. The number of anilines is 1. The number of rotatable bonds is 3. The summed E-state index contributed by atoms with van der Waals surface area (Å²) in [6, 6.07) is 10.9. The van der Waals surface area contributed by atoms with Gasteiger partial charge in [0, 0.05) is 10.9 Å². The molecule has 0 radical (unpaired) electrons. The summed E-state index contributed by atoms with van der Waals surface area (Å²) in [7, 11) is 0. The molecular weight excluding hydrogens is 328 g/mol. The number of H-pyrrole nitrogens is 1. The number of pyridine rings is 1. The normalized spacial score (nSPS) is 10.9. The van der Waals surface area contributed by atoms with E-state index in [-0.39, 0.29) is 5.91 Å². The summed E-state index contributed by atoms with van der Waals surface area (Å²) in [5, 5.41) is 7.97. The Hall–Kier alpha value is -3.19. The average molecular weight is 339 g/mol. The lowest BCUT2D eigenvalue weighted by molar-refractivity contribution is 0.102. The van der Waals surface area contributed by atoms with Gasteiger partial charge in [-0.2, -0.15) is 5.10 Å². The molecule has 0 fully saturated rings. The van der Waals surface area contributed by atoms with Gasteiger partial charge in [-0.15, -0.1) is 0 Å². The maximum atomic E-state index is 12.4. The van der Waals surface area contributed by atoms with Crippen LogP contribution in [0.15, 0.2) is 55.2 Å². The van der Waals surface area contributed by atoms with Gasteiger partial charge < -0.3 is 10.3 Å². The zero-order chi connectivity index (χ0) is 16.5. The van der Waals surface area contributed by atoms with Crippen LogP contribution in [0.5, 0.6) is 0 Å². The van der Waals surface area contributed by atoms with Gasteiger partial charge in [-0.25, -0.2) is 14.6 Å². The molecule has 2 N–H and O–H groups in total. The van der Waals surface area contributed by atoms with Gasteiger partial charge in [-0.3, -0.25) is 4.79 Å². The second-order valence-corrected chi connectivity index (χ2v) is 5.44. The number of benzene rings is 1. The van der Waals surface area contributed by atoms with E-state index in [0.29, 0.717) is 22.2 Å². The van der Waals surface area contributed by atoms with Crippen molar-refractivity contribution in [3.63, 3.8) is 0 Å². The van der Waals surface area contributed by atoms with Gasteiger partial charge in [0.25, 0.3) is 5.91 Å². The lowest BCUT2D eigenvalue weighted by Gasteiger charge is -2.05. The van der Waals surface area contributed by atoms with Crippen LogP contribution in [0.25, 0.3) is 16.7 Å². The summed E-state index contributed by atoms with van der Waals surface area (Å²) in [4.78, 5) is 23.6. The number of carbonyl (C=O) groups excluding carboxylic acids is 1. The number of hydrogen-bond donors (Lipinski definition) is 2. The van der Waals surface area contributed by atoms with E-state index in [4.69, 9.17) is 11.6 Å². The number of aromatic nitrogens is 5. The minimum absolute atomic E-state index is 0.318. The molecule has 0 spiro atoms. The third kappa shape index (κ3) is 2.50. The zero-order valence-corrected chi connectivity index (χ0v) is 13.0. The summed E-state index contributed by atoms with van der Waals surface area (Å²) < 4.78 is 1.53. The van der Waals surface area contributed by atoms with Crippen molar-refractivity contribution in [2.75, 3.05) is 5.32 Å². The molecule has 0 unspecified atom stereocenters. The number of aromatic amines is 1. The summed E-state index contributed by atoms with van der Waals surface area (Å²) in [5.41, 5.74) is 1.68. The Morgan fingerprint density at radius 1 is 1.21 bits per heavy atom. The van der Waals surface area contributed by atoms with E-state index in [1.807, 2.05) is 24.3 Å². The van der Waals surface area contributed by atoms with E-state index in [1.54, 1.807) is 24.7 Å². The Balaban J connectivity index is 1.58. The van der Waals surface area contributed by atoms with E-state index in [9.17, 15) is 4.79 Å². The van der Waals surface area contributed by atoms with Crippen LogP contribution in [0.1, 0.15) is 10.5 Å². The largest absolute Gasteiger partial charge is 0.349 e. The van der Waals surface area contributed by atoms with Gasteiger partial charge in [0.1, 0.15) is 18.3 Å². The molecule has 3 heterocycles. The first-order valence-electron chi connectivity index (χ1n) is 7.11. The molecule has 0 aliphatic rings. The van der Waals surface area contributed by atoms with E-state index < -0.39 is 0 Å². The van der Waals surface area contributed by atoms with Gasteiger partial charge in [0.2, 0.25) is 0 Å². The van der Waals surface area contributed by atoms with E-state index in [2.05, 4.69) is 25.4 Å². The van der Waals surface area contributed by atoms with Crippen molar-refractivity contribution in [2.45, 2.75) is 0 Å². The molecule has 4 rings (SSSR count). The molecule has 0 atom stereocenters. The van der Waals surface area contributed by atoms with Gasteiger partial charge >= 0.3 is 0 Å². The highest BCUT2D eigenvalue weighted by molar-refractivity contribution is 6.39. The standard InChI is InChI=1S/C16H11ClN6O/c17-14-11-3-1-2-4-12(11)22-15(14)16(24)21-10-5-6-13(19-7-10)23-9-18-8-20-23/h1-9,22H,(H,21,24). The molecule has 7 nitrogen and oxygen atoms in total. The topological polar surface area (TPSA) is 88.5 Å². The third-order valence-corrected chi connectivity index (χ3v) is 3.92. The molecule has 118 valence electrons. The van der Waals surface area contributed by atoms with Crippen LogP contribution in [0.3, 0.4) is 0 Å². The number of amides is 1. The van der Waals surface area contributed by atoms with Crippen LogP contribution >= 0.6 is 11.6 Å². The SMILES string of the molecule is O=C(Nc1ccc(-n2cncn2)nc1)c1[nH]c2ccccc2c1Cl. The summed E-state index contributed by atoms with van der Waals surface area (Å²) >= 11 is 6.28. The molecule has 0 aliphatic carbocycles. The molecule has 4 aromatic rings. The fraction of sp³-hybridized carbons (Fsp3) is 0. The minimum Gasteiger partial charge on any atom is -0.349 e. The van der Waals surface area contributed by atoms with Crippen LogP contribution < -0.4 is 5.32 Å². The Labute approximate surface area is 141 Å². The first-order chi connectivity index (χ1) is 11.7. The smallest absolute Gasteiger partial charge is 0.273 e. The second kappa shape index (κ2) is 5.78. The molecule has 0 aliphatic heterocycles. The molecule has 3 aromatic heterocycles. The van der Waals surface area contributed by atoms with Gasteiger partial charge in [-0.05, 0) is 18.2 Å².